The highest BCUT2D eigenvalue weighted by molar-refractivity contribution is 6.31. The third-order valence-electron chi connectivity index (χ3n) is 3.17. The van der Waals surface area contributed by atoms with Crippen LogP contribution in [0.15, 0.2) is 18.2 Å². The van der Waals surface area contributed by atoms with Crippen LogP contribution < -0.4 is 10.5 Å². The summed E-state index contributed by atoms with van der Waals surface area (Å²) in [7, 11) is 1.62. The van der Waals surface area contributed by atoms with Crippen molar-refractivity contribution in [1.82, 2.24) is 4.90 Å². The fraction of sp³-hybridized carbons (Fsp3) is 0.533. The number of ether oxygens (including phenoxy) is 1. The Morgan fingerprint density at radius 2 is 2.10 bits per heavy atom. The van der Waals surface area contributed by atoms with E-state index >= 15 is 0 Å². The third kappa shape index (κ3) is 5.80. The number of methoxy groups -OCH3 is 1. The molecule has 2 N–H and O–H groups in total. The molecule has 0 aliphatic heterocycles. The van der Waals surface area contributed by atoms with E-state index in [9.17, 15) is 4.79 Å². The zero-order valence-corrected chi connectivity index (χ0v) is 12.9. The minimum absolute atomic E-state index is 0.256. The quantitative estimate of drug-likeness (QED) is 0.762. The standard InChI is InChI=1S/C15H23ClN2O2/c1-3-8-18(10-7-15(17)19)9-6-12-4-5-13(20-2)11-14(12)16/h4-5,11H,3,6-10H2,1-2H3,(H2,17,19). The second kappa shape index (κ2) is 8.82. The molecule has 5 heteroatoms. The summed E-state index contributed by atoms with van der Waals surface area (Å²) in [4.78, 5) is 13.1. The first-order chi connectivity index (χ1) is 9.56. The van der Waals surface area contributed by atoms with Crippen molar-refractivity contribution in [2.45, 2.75) is 26.2 Å². The van der Waals surface area contributed by atoms with Gasteiger partial charge in [0, 0.05) is 24.5 Å². The number of primary amides is 1. The van der Waals surface area contributed by atoms with Crippen LogP contribution >= 0.6 is 11.6 Å². The van der Waals surface area contributed by atoms with Gasteiger partial charge in [-0.2, -0.15) is 0 Å². The van der Waals surface area contributed by atoms with E-state index in [1.165, 1.54) is 0 Å². The van der Waals surface area contributed by atoms with Crippen LogP contribution in [0.25, 0.3) is 0 Å². The molecule has 0 saturated carbocycles. The SMILES string of the molecule is CCCN(CCC(N)=O)CCc1ccc(OC)cc1Cl. The molecule has 0 saturated heterocycles. The van der Waals surface area contributed by atoms with Crippen molar-refractivity contribution in [3.8, 4) is 5.75 Å². The molecule has 1 aromatic carbocycles. The number of rotatable bonds is 9. The maximum Gasteiger partial charge on any atom is 0.218 e. The lowest BCUT2D eigenvalue weighted by atomic mass is 10.1. The molecule has 4 nitrogen and oxygen atoms in total. The molecule has 0 aromatic heterocycles. The van der Waals surface area contributed by atoms with Gasteiger partial charge >= 0.3 is 0 Å². The fourth-order valence-corrected chi connectivity index (χ4v) is 2.32. The molecular formula is C15H23ClN2O2. The van der Waals surface area contributed by atoms with Crippen molar-refractivity contribution >= 4 is 17.5 Å². The minimum atomic E-state index is -0.256. The Kier molecular flexibility index (Phi) is 7.41. The first-order valence-electron chi connectivity index (χ1n) is 6.90. The maximum absolute atomic E-state index is 10.9. The molecule has 0 radical (unpaired) electrons. The molecule has 1 rings (SSSR count). The van der Waals surface area contributed by atoms with Crippen LogP contribution in [0.4, 0.5) is 0 Å². The predicted octanol–water partition coefficient (Wildman–Crippen LogP) is 2.48. The molecule has 0 heterocycles. The van der Waals surface area contributed by atoms with Crippen LogP contribution in [0.2, 0.25) is 5.02 Å². The Bertz CT molecular complexity index is 438. The van der Waals surface area contributed by atoms with Gasteiger partial charge in [-0.05, 0) is 37.1 Å². The second-order valence-electron chi connectivity index (χ2n) is 4.77. The van der Waals surface area contributed by atoms with Gasteiger partial charge in [0.2, 0.25) is 5.91 Å². The first kappa shape index (κ1) is 16.8. The van der Waals surface area contributed by atoms with E-state index in [1.54, 1.807) is 7.11 Å². The molecule has 0 bridgehead atoms. The Labute approximate surface area is 125 Å². The number of benzene rings is 1. The van der Waals surface area contributed by atoms with Gasteiger partial charge in [0.05, 0.1) is 7.11 Å². The summed E-state index contributed by atoms with van der Waals surface area (Å²) in [5.41, 5.74) is 6.29. The van der Waals surface area contributed by atoms with Crippen molar-refractivity contribution in [2.24, 2.45) is 5.73 Å². The summed E-state index contributed by atoms with van der Waals surface area (Å²) < 4.78 is 5.13. The van der Waals surface area contributed by atoms with E-state index in [2.05, 4.69) is 11.8 Å². The predicted molar refractivity (Wildman–Crippen MR) is 82.3 cm³/mol. The molecule has 0 unspecified atom stereocenters. The number of nitrogens with two attached hydrogens (primary N) is 1. The number of halogens is 1. The Hall–Kier alpha value is -1.26. The number of hydrogen-bond acceptors (Lipinski definition) is 3. The van der Waals surface area contributed by atoms with E-state index in [4.69, 9.17) is 22.1 Å². The van der Waals surface area contributed by atoms with E-state index in [1.807, 2.05) is 18.2 Å². The Morgan fingerprint density at radius 3 is 2.65 bits per heavy atom. The largest absolute Gasteiger partial charge is 0.497 e. The lowest BCUT2D eigenvalue weighted by Gasteiger charge is -2.21. The zero-order chi connectivity index (χ0) is 15.0. The van der Waals surface area contributed by atoms with Crippen LogP contribution in [0.5, 0.6) is 5.75 Å². The topological polar surface area (TPSA) is 55.6 Å². The number of nitrogens with zero attached hydrogens (tertiary/aromatic N) is 1. The van der Waals surface area contributed by atoms with E-state index in [0.29, 0.717) is 13.0 Å². The number of carbonyl (C=O) groups is 1. The first-order valence-corrected chi connectivity index (χ1v) is 7.27. The summed E-state index contributed by atoms with van der Waals surface area (Å²) in [6.07, 6.45) is 2.30. The van der Waals surface area contributed by atoms with Crippen molar-refractivity contribution in [3.05, 3.63) is 28.8 Å². The zero-order valence-electron chi connectivity index (χ0n) is 12.2. The van der Waals surface area contributed by atoms with Gasteiger partial charge in [0.1, 0.15) is 5.75 Å². The molecular weight excluding hydrogens is 276 g/mol. The average molecular weight is 299 g/mol. The number of amides is 1. The van der Waals surface area contributed by atoms with Crippen LogP contribution in [0.3, 0.4) is 0 Å². The van der Waals surface area contributed by atoms with Crippen molar-refractivity contribution in [3.63, 3.8) is 0 Å². The van der Waals surface area contributed by atoms with Gasteiger partial charge in [-0.3, -0.25) is 4.79 Å². The molecule has 0 aliphatic carbocycles. The summed E-state index contributed by atoms with van der Waals surface area (Å²) in [5.74, 6) is 0.506. The van der Waals surface area contributed by atoms with Crippen molar-refractivity contribution in [2.75, 3.05) is 26.7 Å². The summed E-state index contributed by atoms with van der Waals surface area (Å²) >= 11 is 6.22. The monoisotopic (exact) mass is 298 g/mol. The molecule has 0 aliphatic rings. The van der Waals surface area contributed by atoms with Gasteiger partial charge in [-0.25, -0.2) is 0 Å². The molecule has 1 aromatic rings. The second-order valence-corrected chi connectivity index (χ2v) is 5.17. The third-order valence-corrected chi connectivity index (χ3v) is 3.52. The Balaban J connectivity index is 2.55. The van der Waals surface area contributed by atoms with Crippen molar-refractivity contribution in [1.29, 1.82) is 0 Å². The fourth-order valence-electron chi connectivity index (χ4n) is 2.06. The van der Waals surface area contributed by atoms with Gasteiger partial charge in [0.25, 0.3) is 0 Å². The summed E-state index contributed by atoms with van der Waals surface area (Å²) in [5, 5.41) is 0.718. The number of hydrogen-bond donors (Lipinski definition) is 1. The maximum atomic E-state index is 10.9. The van der Waals surface area contributed by atoms with Crippen LogP contribution in [0, 0.1) is 0 Å². The molecule has 0 spiro atoms. The van der Waals surface area contributed by atoms with E-state index in [0.717, 1.165) is 42.3 Å². The molecule has 0 atom stereocenters. The Morgan fingerprint density at radius 1 is 1.35 bits per heavy atom. The van der Waals surface area contributed by atoms with E-state index in [-0.39, 0.29) is 5.91 Å². The average Bonchev–Trinajstić information content (AvgIpc) is 2.42. The molecule has 112 valence electrons. The van der Waals surface area contributed by atoms with Gasteiger partial charge in [-0.15, -0.1) is 0 Å². The van der Waals surface area contributed by atoms with E-state index < -0.39 is 0 Å². The smallest absolute Gasteiger partial charge is 0.218 e. The van der Waals surface area contributed by atoms with Gasteiger partial charge in [-0.1, -0.05) is 24.6 Å². The number of carbonyl (C=O) groups excluding carboxylic acids is 1. The minimum Gasteiger partial charge on any atom is -0.497 e. The summed E-state index contributed by atoms with van der Waals surface area (Å²) in [6.45, 7) is 4.66. The molecule has 20 heavy (non-hydrogen) atoms. The molecule has 0 fully saturated rings. The summed E-state index contributed by atoms with van der Waals surface area (Å²) in [6, 6.07) is 5.72. The lowest BCUT2D eigenvalue weighted by Crippen LogP contribution is -2.30. The van der Waals surface area contributed by atoms with Gasteiger partial charge < -0.3 is 15.4 Å². The lowest BCUT2D eigenvalue weighted by molar-refractivity contribution is -0.118. The van der Waals surface area contributed by atoms with Crippen LogP contribution in [-0.4, -0.2) is 37.6 Å². The van der Waals surface area contributed by atoms with Crippen molar-refractivity contribution < 1.29 is 9.53 Å². The molecule has 1 amide bonds. The van der Waals surface area contributed by atoms with Gasteiger partial charge in [0.15, 0.2) is 0 Å². The highest BCUT2D eigenvalue weighted by Crippen LogP contribution is 2.22. The normalized spacial score (nSPS) is 10.8. The van der Waals surface area contributed by atoms with Crippen LogP contribution in [0.1, 0.15) is 25.3 Å². The highest BCUT2D eigenvalue weighted by atomic mass is 35.5. The highest BCUT2D eigenvalue weighted by Gasteiger charge is 2.08. The van der Waals surface area contributed by atoms with Crippen LogP contribution in [-0.2, 0) is 11.2 Å².